The maximum absolute atomic E-state index is 11.3. The molecule has 0 bridgehead atoms. The van der Waals surface area contributed by atoms with Gasteiger partial charge in [-0.25, -0.2) is 0 Å². The van der Waals surface area contributed by atoms with Crippen LogP contribution in [0, 0.1) is 0 Å². The van der Waals surface area contributed by atoms with Gasteiger partial charge < -0.3 is 20.5 Å². The zero-order valence-electron chi connectivity index (χ0n) is 7.61. The van der Waals surface area contributed by atoms with E-state index in [4.69, 9.17) is 15.6 Å². The fourth-order valence-electron chi connectivity index (χ4n) is 1.40. The average Bonchev–Trinajstić information content (AvgIpc) is 2.15. The third-order valence-electron chi connectivity index (χ3n) is 2.13. The van der Waals surface area contributed by atoms with E-state index in [1.807, 2.05) is 0 Å². The van der Waals surface area contributed by atoms with Gasteiger partial charge in [-0.05, 0) is 6.42 Å². The van der Waals surface area contributed by atoms with Crippen molar-refractivity contribution in [1.82, 2.24) is 4.90 Å². The molecular weight excluding hydrogens is 172 g/mol. The molecule has 0 aromatic heterocycles. The van der Waals surface area contributed by atoms with Crippen molar-refractivity contribution in [3.8, 4) is 0 Å². The molecule has 0 saturated carbocycles. The molecule has 5 nitrogen and oxygen atoms in total. The van der Waals surface area contributed by atoms with Crippen molar-refractivity contribution in [3.05, 3.63) is 0 Å². The molecule has 1 fully saturated rings. The molecule has 1 heterocycles. The standard InChI is InChI=1S/C8H16N2O3/c9-4-7-5-13-6-8(12)10(7)2-1-3-11/h7,11H,1-6,9H2. The number of nitrogens with zero attached hydrogens (tertiary/aromatic N) is 1. The van der Waals surface area contributed by atoms with Crippen LogP contribution in [0.4, 0.5) is 0 Å². The van der Waals surface area contributed by atoms with E-state index in [1.54, 1.807) is 4.90 Å². The van der Waals surface area contributed by atoms with E-state index >= 15 is 0 Å². The Hall–Kier alpha value is -0.650. The lowest BCUT2D eigenvalue weighted by Gasteiger charge is -2.34. The number of morpholine rings is 1. The minimum atomic E-state index is -0.0323. The van der Waals surface area contributed by atoms with Crippen molar-refractivity contribution >= 4 is 5.91 Å². The molecule has 3 N–H and O–H groups in total. The number of nitrogens with two attached hydrogens (primary N) is 1. The van der Waals surface area contributed by atoms with Crippen molar-refractivity contribution in [2.45, 2.75) is 12.5 Å². The van der Waals surface area contributed by atoms with Gasteiger partial charge in [0.25, 0.3) is 0 Å². The number of hydrogen-bond donors (Lipinski definition) is 2. The number of carbonyl (C=O) groups excluding carboxylic acids is 1. The lowest BCUT2D eigenvalue weighted by atomic mass is 10.2. The summed E-state index contributed by atoms with van der Waals surface area (Å²) >= 11 is 0. The number of carbonyl (C=O) groups is 1. The topological polar surface area (TPSA) is 75.8 Å². The molecule has 1 amide bonds. The summed E-state index contributed by atoms with van der Waals surface area (Å²) in [6.45, 7) is 1.73. The molecule has 0 aliphatic carbocycles. The molecule has 0 aromatic carbocycles. The smallest absolute Gasteiger partial charge is 0.248 e. The van der Waals surface area contributed by atoms with E-state index in [-0.39, 0.29) is 25.2 Å². The molecule has 1 atom stereocenters. The van der Waals surface area contributed by atoms with Gasteiger partial charge in [0.05, 0.1) is 12.6 Å². The number of aliphatic hydroxyl groups is 1. The monoisotopic (exact) mass is 188 g/mol. The molecule has 1 rings (SSSR count). The van der Waals surface area contributed by atoms with Crippen LogP contribution >= 0.6 is 0 Å². The zero-order chi connectivity index (χ0) is 9.68. The van der Waals surface area contributed by atoms with Crippen LogP contribution in [-0.2, 0) is 9.53 Å². The predicted molar refractivity (Wildman–Crippen MR) is 47.1 cm³/mol. The second-order valence-electron chi connectivity index (χ2n) is 3.07. The van der Waals surface area contributed by atoms with Crippen molar-refractivity contribution in [2.75, 3.05) is 32.9 Å². The SMILES string of the molecule is NCC1COCC(=O)N1CCCO. The highest BCUT2D eigenvalue weighted by Gasteiger charge is 2.26. The van der Waals surface area contributed by atoms with Gasteiger partial charge in [0.2, 0.25) is 5.91 Å². The first-order chi connectivity index (χ1) is 6.29. The van der Waals surface area contributed by atoms with Crippen LogP contribution in [0.2, 0.25) is 0 Å². The summed E-state index contributed by atoms with van der Waals surface area (Å²) in [4.78, 5) is 13.0. The second-order valence-corrected chi connectivity index (χ2v) is 3.07. The quantitative estimate of drug-likeness (QED) is 0.566. The van der Waals surface area contributed by atoms with Crippen LogP contribution in [0.1, 0.15) is 6.42 Å². The van der Waals surface area contributed by atoms with Crippen LogP contribution in [-0.4, -0.2) is 54.9 Å². The Balaban J connectivity index is 2.46. The normalized spacial score (nSPS) is 23.7. The summed E-state index contributed by atoms with van der Waals surface area (Å²) in [6.07, 6.45) is 0.599. The average molecular weight is 188 g/mol. The molecule has 76 valence electrons. The van der Waals surface area contributed by atoms with Gasteiger partial charge in [0.1, 0.15) is 6.61 Å². The number of hydrogen-bond acceptors (Lipinski definition) is 4. The minimum Gasteiger partial charge on any atom is -0.396 e. The van der Waals surface area contributed by atoms with Crippen LogP contribution in [0.5, 0.6) is 0 Å². The van der Waals surface area contributed by atoms with E-state index in [1.165, 1.54) is 0 Å². The summed E-state index contributed by atoms with van der Waals surface area (Å²) in [6, 6.07) is -0.0206. The van der Waals surface area contributed by atoms with E-state index in [0.29, 0.717) is 26.1 Å². The summed E-state index contributed by atoms with van der Waals surface area (Å²) in [5, 5.41) is 8.64. The largest absolute Gasteiger partial charge is 0.396 e. The summed E-state index contributed by atoms with van der Waals surface area (Å²) < 4.78 is 5.06. The Bertz CT molecular complexity index is 175. The van der Waals surface area contributed by atoms with Crippen LogP contribution < -0.4 is 5.73 Å². The molecule has 13 heavy (non-hydrogen) atoms. The Morgan fingerprint density at radius 3 is 3.08 bits per heavy atom. The maximum atomic E-state index is 11.3. The minimum absolute atomic E-state index is 0.0206. The molecule has 0 aromatic rings. The van der Waals surface area contributed by atoms with Gasteiger partial charge in [-0.15, -0.1) is 0 Å². The Morgan fingerprint density at radius 2 is 2.46 bits per heavy atom. The lowest BCUT2D eigenvalue weighted by molar-refractivity contribution is -0.147. The van der Waals surface area contributed by atoms with E-state index in [9.17, 15) is 4.79 Å². The number of amides is 1. The van der Waals surface area contributed by atoms with E-state index in [2.05, 4.69) is 0 Å². The van der Waals surface area contributed by atoms with Gasteiger partial charge in [0.15, 0.2) is 0 Å². The van der Waals surface area contributed by atoms with Crippen molar-refractivity contribution < 1.29 is 14.6 Å². The molecular formula is C8H16N2O3. The first-order valence-corrected chi connectivity index (χ1v) is 4.47. The highest BCUT2D eigenvalue weighted by molar-refractivity contribution is 5.78. The highest BCUT2D eigenvalue weighted by atomic mass is 16.5. The molecule has 5 heteroatoms. The predicted octanol–water partition coefficient (Wildman–Crippen LogP) is -1.45. The van der Waals surface area contributed by atoms with Crippen LogP contribution in [0.25, 0.3) is 0 Å². The Kier molecular flexibility index (Phi) is 4.14. The number of aliphatic hydroxyl groups excluding tert-OH is 1. The summed E-state index contributed by atoms with van der Waals surface area (Å²) in [7, 11) is 0. The van der Waals surface area contributed by atoms with Crippen molar-refractivity contribution in [2.24, 2.45) is 5.73 Å². The van der Waals surface area contributed by atoms with Crippen LogP contribution in [0.3, 0.4) is 0 Å². The lowest BCUT2D eigenvalue weighted by Crippen LogP contribution is -2.53. The van der Waals surface area contributed by atoms with Gasteiger partial charge in [0, 0.05) is 19.7 Å². The third kappa shape index (κ3) is 2.65. The van der Waals surface area contributed by atoms with Gasteiger partial charge in [-0.2, -0.15) is 0 Å². The zero-order valence-corrected chi connectivity index (χ0v) is 7.61. The van der Waals surface area contributed by atoms with Crippen molar-refractivity contribution in [1.29, 1.82) is 0 Å². The first kappa shape index (κ1) is 10.4. The summed E-state index contributed by atoms with van der Waals surface area (Å²) in [5.74, 6) is -0.0323. The van der Waals surface area contributed by atoms with E-state index < -0.39 is 0 Å². The fourth-order valence-corrected chi connectivity index (χ4v) is 1.40. The molecule has 1 aliphatic heterocycles. The van der Waals surface area contributed by atoms with Crippen LogP contribution in [0.15, 0.2) is 0 Å². The summed E-state index contributed by atoms with van der Waals surface area (Å²) in [5.41, 5.74) is 5.49. The molecule has 1 unspecified atom stereocenters. The Labute approximate surface area is 77.5 Å². The van der Waals surface area contributed by atoms with Gasteiger partial charge in [-0.1, -0.05) is 0 Å². The second kappa shape index (κ2) is 5.16. The number of ether oxygens (including phenoxy) is 1. The Morgan fingerprint density at radius 1 is 1.69 bits per heavy atom. The third-order valence-corrected chi connectivity index (χ3v) is 2.13. The van der Waals surface area contributed by atoms with Gasteiger partial charge >= 0.3 is 0 Å². The molecule has 1 saturated heterocycles. The van der Waals surface area contributed by atoms with Crippen molar-refractivity contribution in [3.63, 3.8) is 0 Å². The molecule has 0 spiro atoms. The number of rotatable bonds is 4. The molecule has 1 aliphatic rings. The fraction of sp³-hybridized carbons (Fsp3) is 0.875. The highest BCUT2D eigenvalue weighted by Crippen LogP contribution is 2.07. The van der Waals surface area contributed by atoms with E-state index in [0.717, 1.165) is 0 Å². The first-order valence-electron chi connectivity index (χ1n) is 4.47. The maximum Gasteiger partial charge on any atom is 0.248 e. The van der Waals surface area contributed by atoms with Gasteiger partial charge in [-0.3, -0.25) is 4.79 Å². The molecule has 0 radical (unpaired) electrons.